The molecule has 120 valence electrons. The van der Waals surface area contributed by atoms with Crippen LogP contribution in [0.15, 0.2) is 18.3 Å². The fraction of sp³-hybridized carbons (Fsp3) is 0.588. The first-order chi connectivity index (χ1) is 10.5. The van der Waals surface area contributed by atoms with Crippen molar-refractivity contribution in [2.45, 2.75) is 39.5 Å². The second-order valence-electron chi connectivity index (χ2n) is 6.44. The fourth-order valence-corrected chi connectivity index (χ4v) is 2.84. The van der Waals surface area contributed by atoms with Crippen molar-refractivity contribution < 1.29 is 14.7 Å². The van der Waals surface area contributed by atoms with E-state index >= 15 is 0 Å². The molecule has 0 radical (unpaired) electrons. The van der Waals surface area contributed by atoms with Crippen LogP contribution in [0.5, 0.6) is 0 Å². The summed E-state index contributed by atoms with van der Waals surface area (Å²) < 4.78 is 0. The minimum absolute atomic E-state index is 0.102. The van der Waals surface area contributed by atoms with Crippen molar-refractivity contribution in [3.05, 3.63) is 29.6 Å². The molecule has 1 aliphatic heterocycles. The van der Waals surface area contributed by atoms with Gasteiger partial charge in [0.2, 0.25) is 0 Å². The molecule has 0 aliphatic carbocycles. The molecule has 22 heavy (non-hydrogen) atoms. The Labute approximate surface area is 131 Å². The van der Waals surface area contributed by atoms with Gasteiger partial charge in [-0.15, -0.1) is 0 Å². The molecule has 1 fully saturated rings. The van der Waals surface area contributed by atoms with Gasteiger partial charge in [0.25, 0.3) is 5.91 Å². The second-order valence-corrected chi connectivity index (χ2v) is 6.44. The largest absolute Gasteiger partial charge is 0.478 e. The number of carbonyl (C=O) groups excluding carboxylic acids is 1. The van der Waals surface area contributed by atoms with Crippen LogP contribution in [-0.2, 0) is 0 Å². The Hall–Kier alpha value is -1.91. The predicted octanol–water partition coefficient (Wildman–Crippen LogP) is 3.07. The van der Waals surface area contributed by atoms with E-state index in [0.29, 0.717) is 5.92 Å². The number of hydrogen-bond donors (Lipinski definition) is 1. The summed E-state index contributed by atoms with van der Waals surface area (Å²) in [6, 6.07) is 2.76. The number of likely N-dealkylation sites (tertiary alicyclic amines) is 1. The van der Waals surface area contributed by atoms with E-state index in [0.717, 1.165) is 31.8 Å². The van der Waals surface area contributed by atoms with Crippen molar-refractivity contribution in [3.63, 3.8) is 0 Å². The van der Waals surface area contributed by atoms with Gasteiger partial charge in [-0.25, -0.2) is 4.79 Å². The lowest BCUT2D eigenvalue weighted by Gasteiger charge is -2.32. The molecule has 5 nitrogen and oxygen atoms in total. The van der Waals surface area contributed by atoms with Gasteiger partial charge in [0, 0.05) is 19.3 Å². The van der Waals surface area contributed by atoms with Crippen LogP contribution in [0, 0.1) is 11.8 Å². The monoisotopic (exact) mass is 304 g/mol. The Morgan fingerprint density at radius 2 is 2.05 bits per heavy atom. The maximum atomic E-state index is 12.4. The molecule has 1 aromatic rings. The zero-order valence-corrected chi connectivity index (χ0v) is 13.3. The van der Waals surface area contributed by atoms with Crippen molar-refractivity contribution in [2.24, 2.45) is 11.8 Å². The summed E-state index contributed by atoms with van der Waals surface area (Å²) in [6.07, 6.45) is 5.90. The number of piperidine rings is 1. The van der Waals surface area contributed by atoms with Crippen molar-refractivity contribution in [2.75, 3.05) is 13.1 Å². The lowest BCUT2D eigenvalue weighted by atomic mass is 9.89. The maximum absolute atomic E-state index is 12.4. The highest BCUT2D eigenvalue weighted by molar-refractivity contribution is 5.95. The first kappa shape index (κ1) is 16.5. The highest BCUT2D eigenvalue weighted by Gasteiger charge is 2.24. The number of nitrogens with zero attached hydrogens (tertiary/aromatic N) is 2. The first-order valence-corrected chi connectivity index (χ1v) is 7.96. The average molecular weight is 304 g/mol. The molecule has 1 amide bonds. The molecule has 0 saturated carbocycles. The lowest BCUT2D eigenvalue weighted by molar-refractivity contribution is 0.0678. The van der Waals surface area contributed by atoms with Crippen LogP contribution in [0.1, 0.15) is 60.4 Å². The SMILES string of the molecule is CC(C)CCC1CCN(C(=O)c2cc(C(=O)O)ccn2)CC1. The third kappa shape index (κ3) is 4.29. The molecule has 1 aliphatic rings. The van der Waals surface area contributed by atoms with E-state index in [1.165, 1.54) is 31.2 Å². The first-order valence-electron chi connectivity index (χ1n) is 7.96. The topological polar surface area (TPSA) is 70.5 Å². The quantitative estimate of drug-likeness (QED) is 0.907. The number of aromatic carboxylic acids is 1. The van der Waals surface area contributed by atoms with Crippen LogP contribution in [-0.4, -0.2) is 40.0 Å². The molecule has 2 heterocycles. The number of pyridine rings is 1. The summed E-state index contributed by atoms with van der Waals surface area (Å²) >= 11 is 0. The number of amides is 1. The zero-order chi connectivity index (χ0) is 16.1. The van der Waals surface area contributed by atoms with Crippen LogP contribution < -0.4 is 0 Å². The molecule has 2 rings (SSSR count). The van der Waals surface area contributed by atoms with Crippen LogP contribution in [0.3, 0.4) is 0 Å². The van der Waals surface area contributed by atoms with Gasteiger partial charge in [-0.05, 0) is 36.8 Å². The molecule has 0 spiro atoms. The van der Waals surface area contributed by atoms with Crippen LogP contribution in [0.4, 0.5) is 0 Å². The van der Waals surface area contributed by atoms with E-state index in [4.69, 9.17) is 5.11 Å². The Morgan fingerprint density at radius 3 is 2.64 bits per heavy atom. The number of aromatic nitrogens is 1. The summed E-state index contributed by atoms with van der Waals surface area (Å²) in [5, 5.41) is 8.99. The van der Waals surface area contributed by atoms with Gasteiger partial charge >= 0.3 is 5.97 Å². The smallest absolute Gasteiger partial charge is 0.335 e. The van der Waals surface area contributed by atoms with Gasteiger partial charge in [-0.3, -0.25) is 9.78 Å². The third-order valence-electron chi connectivity index (χ3n) is 4.28. The molecule has 0 unspecified atom stereocenters. The van der Waals surface area contributed by atoms with Gasteiger partial charge in [0.05, 0.1) is 5.56 Å². The highest BCUT2D eigenvalue weighted by Crippen LogP contribution is 2.24. The van der Waals surface area contributed by atoms with Gasteiger partial charge in [-0.1, -0.05) is 26.7 Å². The summed E-state index contributed by atoms with van der Waals surface area (Å²) in [5.74, 6) is 0.224. The van der Waals surface area contributed by atoms with Crippen molar-refractivity contribution in [1.82, 2.24) is 9.88 Å². The highest BCUT2D eigenvalue weighted by atomic mass is 16.4. The molecule has 1 saturated heterocycles. The summed E-state index contributed by atoms with van der Waals surface area (Å²) in [6.45, 7) is 5.95. The van der Waals surface area contributed by atoms with Crippen LogP contribution in [0.2, 0.25) is 0 Å². The molecule has 5 heteroatoms. The van der Waals surface area contributed by atoms with E-state index in [9.17, 15) is 9.59 Å². The minimum atomic E-state index is -1.04. The average Bonchev–Trinajstić information content (AvgIpc) is 2.53. The number of hydrogen-bond acceptors (Lipinski definition) is 3. The normalized spacial score (nSPS) is 16.0. The Kier molecular flexibility index (Phi) is 5.52. The molecular weight excluding hydrogens is 280 g/mol. The van der Waals surface area contributed by atoms with E-state index in [-0.39, 0.29) is 17.2 Å². The van der Waals surface area contributed by atoms with E-state index in [2.05, 4.69) is 18.8 Å². The molecule has 1 N–H and O–H groups in total. The second kappa shape index (κ2) is 7.38. The third-order valence-corrected chi connectivity index (χ3v) is 4.28. The number of carboxylic acid groups (broad SMARTS) is 1. The number of rotatable bonds is 5. The predicted molar refractivity (Wildman–Crippen MR) is 83.9 cm³/mol. The van der Waals surface area contributed by atoms with Crippen molar-refractivity contribution >= 4 is 11.9 Å². The number of carbonyl (C=O) groups is 2. The van der Waals surface area contributed by atoms with Gasteiger partial charge in [-0.2, -0.15) is 0 Å². The Morgan fingerprint density at radius 1 is 1.36 bits per heavy atom. The van der Waals surface area contributed by atoms with Gasteiger partial charge in [0.1, 0.15) is 5.69 Å². The number of carboxylic acids is 1. The molecular formula is C17H24N2O3. The van der Waals surface area contributed by atoms with Crippen molar-refractivity contribution in [3.8, 4) is 0 Å². The van der Waals surface area contributed by atoms with E-state index in [1.54, 1.807) is 4.90 Å². The fourth-order valence-electron chi connectivity index (χ4n) is 2.84. The summed E-state index contributed by atoms with van der Waals surface area (Å²) in [5.41, 5.74) is 0.325. The van der Waals surface area contributed by atoms with Gasteiger partial charge in [0.15, 0.2) is 0 Å². The summed E-state index contributed by atoms with van der Waals surface area (Å²) in [4.78, 5) is 29.2. The Bertz CT molecular complexity index is 534. The molecule has 1 aromatic heterocycles. The van der Waals surface area contributed by atoms with E-state index < -0.39 is 5.97 Å². The van der Waals surface area contributed by atoms with Crippen LogP contribution in [0.25, 0.3) is 0 Å². The molecule has 0 bridgehead atoms. The van der Waals surface area contributed by atoms with Crippen molar-refractivity contribution in [1.29, 1.82) is 0 Å². The minimum Gasteiger partial charge on any atom is -0.478 e. The summed E-state index contributed by atoms with van der Waals surface area (Å²) in [7, 11) is 0. The van der Waals surface area contributed by atoms with Crippen LogP contribution >= 0.6 is 0 Å². The standard InChI is InChI=1S/C17H24N2O3/c1-12(2)3-4-13-6-9-19(10-7-13)16(20)15-11-14(17(21)22)5-8-18-15/h5,8,11-13H,3-4,6-7,9-10H2,1-2H3,(H,21,22). The zero-order valence-electron chi connectivity index (χ0n) is 13.3. The molecule has 0 aromatic carbocycles. The van der Waals surface area contributed by atoms with Gasteiger partial charge < -0.3 is 10.0 Å². The van der Waals surface area contributed by atoms with E-state index in [1.807, 2.05) is 0 Å². The lowest BCUT2D eigenvalue weighted by Crippen LogP contribution is -2.39. The maximum Gasteiger partial charge on any atom is 0.335 e. The molecule has 0 atom stereocenters. The Balaban J connectivity index is 1.92.